The Morgan fingerprint density at radius 1 is 1.20 bits per heavy atom. The van der Waals surface area contributed by atoms with Gasteiger partial charge in [0.2, 0.25) is 0 Å². The van der Waals surface area contributed by atoms with Crippen LogP contribution in [0.5, 0.6) is 0 Å². The quantitative estimate of drug-likeness (QED) is 0.211. The minimum atomic E-state index is -4.71. The third kappa shape index (κ3) is 5.94. The number of aliphatic hydroxyl groups excluding tert-OH is 2. The number of aromatic amines is 1. The molecule has 35 heavy (non-hydrogen) atoms. The van der Waals surface area contributed by atoms with E-state index < -0.39 is 69.2 Å². The summed E-state index contributed by atoms with van der Waals surface area (Å²) in [5, 5.41) is 19.9. The number of anilines is 2. The van der Waals surface area contributed by atoms with Crippen LogP contribution >= 0.6 is 7.82 Å². The molecule has 0 saturated carbocycles. The van der Waals surface area contributed by atoms with Crippen molar-refractivity contribution in [2.24, 2.45) is 0 Å². The third-order valence-corrected chi connectivity index (χ3v) is 6.56. The molecule has 2 aliphatic rings. The van der Waals surface area contributed by atoms with Gasteiger partial charge in [-0.3, -0.25) is 13.6 Å². The van der Waals surface area contributed by atoms with Crippen molar-refractivity contribution >= 4 is 19.5 Å². The van der Waals surface area contributed by atoms with Gasteiger partial charge in [0.1, 0.15) is 42.3 Å². The number of aromatic nitrogens is 4. The van der Waals surface area contributed by atoms with Crippen LogP contribution in [-0.2, 0) is 23.1 Å². The molecule has 0 amide bonds. The molecule has 8 N–H and O–H groups in total. The molecule has 2 saturated heterocycles. The molecule has 7 atom stereocenters. The third-order valence-electron chi connectivity index (χ3n) is 5.55. The van der Waals surface area contributed by atoms with Gasteiger partial charge in [0.15, 0.2) is 0 Å². The molecule has 2 aliphatic heterocycles. The fraction of sp³-hybridized carbons (Fsp3) is 0.556. The second-order valence-corrected chi connectivity index (χ2v) is 9.44. The van der Waals surface area contributed by atoms with Gasteiger partial charge in [-0.2, -0.15) is 9.97 Å². The number of phosphoric acid groups is 1. The van der Waals surface area contributed by atoms with Gasteiger partial charge in [-0.15, -0.1) is 0 Å². The van der Waals surface area contributed by atoms with Gasteiger partial charge < -0.3 is 41.0 Å². The Bertz CT molecular complexity index is 1220. The molecule has 0 radical (unpaired) electrons. The van der Waals surface area contributed by atoms with Crippen LogP contribution in [0.15, 0.2) is 27.9 Å². The second kappa shape index (κ2) is 10.1. The molecule has 0 aliphatic carbocycles. The van der Waals surface area contributed by atoms with Gasteiger partial charge >= 0.3 is 19.2 Å². The number of phosphoric ester groups is 1. The fourth-order valence-corrected chi connectivity index (χ4v) is 4.87. The van der Waals surface area contributed by atoms with Gasteiger partial charge in [0, 0.05) is 25.1 Å². The summed E-state index contributed by atoms with van der Waals surface area (Å²) in [5.41, 5.74) is 9.94. The van der Waals surface area contributed by atoms with Crippen LogP contribution in [0.3, 0.4) is 0 Å². The van der Waals surface area contributed by atoms with Crippen molar-refractivity contribution in [2.45, 2.75) is 49.6 Å². The van der Waals surface area contributed by atoms with Crippen LogP contribution in [0, 0.1) is 0 Å². The Morgan fingerprint density at radius 3 is 2.66 bits per heavy atom. The van der Waals surface area contributed by atoms with Crippen molar-refractivity contribution in [3.05, 3.63) is 45.0 Å². The minimum absolute atomic E-state index is 0.0151. The highest BCUT2D eigenvalue weighted by Gasteiger charge is 2.43. The number of aliphatic hydroxyl groups is 2. The lowest BCUT2D eigenvalue weighted by molar-refractivity contribution is -0.0514. The first-order valence-electron chi connectivity index (χ1n) is 10.5. The zero-order chi connectivity index (χ0) is 25.3. The predicted octanol–water partition coefficient (Wildman–Crippen LogP) is -1.84. The molecule has 4 rings (SSSR count). The highest BCUT2D eigenvalue weighted by molar-refractivity contribution is 7.47. The summed E-state index contributed by atoms with van der Waals surface area (Å²) >= 11 is 0. The van der Waals surface area contributed by atoms with E-state index in [2.05, 4.69) is 15.0 Å². The summed E-state index contributed by atoms with van der Waals surface area (Å²) in [4.78, 5) is 43.3. The van der Waals surface area contributed by atoms with Crippen LogP contribution in [-0.4, -0.2) is 72.3 Å². The van der Waals surface area contributed by atoms with E-state index in [-0.39, 0.29) is 24.5 Å². The van der Waals surface area contributed by atoms with Crippen molar-refractivity contribution in [1.82, 2.24) is 19.5 Å². The lowest BCUT2D eigenvalue weighted by Crippen LogP contribution is -2.29. The first-order valence-corrected chi connectivity index (χ1v) is 12.0. The maximum atomic E-state index is 12.6. The van der Waals surface area contributed by atoms with Crippen LogP contribution in [0.1, 0.15) is 30.9 Å². The van der Waals surface area contributed by atoms with E-state index in [0.29, 0.717) is 5.69 Å². The molecule has 0 aromatic carbocycles. The highest BCUT2D eigenvalue weighted by Crippen LogP contribution is 2.49. The maximum Gasteiger partial charge on any atom is 0.472 e. The summed E-state index contributed by atoms with van der Waals surface area (Å²) < 4.78 is 35.1. The molecule has 192 valence electrons. The number of nitrogens with zero attached hydrogens (tertiary/aromatic N) is 3. The van der Waals surface area contributed by atoms with E-state index >= 15 is 0 Å². The van der Waals surface area contributed by atoms with Gasteiger partial charge in [-0.05, 0) is 6.07 Å². The number of hydrogen-bond donors (Lipinski definition) is 6. The summed E-state index contributed by atoms with van der Waals surface area (Å²) in [6, 6.07) is 2.76. The van der Waals surface area contributed by atoms with Crippen LogP contribution in [0.25, 0.3) is 0 Å². The Labute approximate surface area is 197 Å². The largest absolute Gasteiger partial charge is 0.472 e. The zero-order valence-corrected chi connectivity index (χ0v) is 19.1. The standard InChI is InChI=1S/C18H25N6O10P/c19-14-1-2-24(18(28)23-14)16-5-11(12(6-25)33-16)34-35(29,30)31-7-13-9(26)4-10(32-13)8-3-15(20)22-17(27)21-8/h1-3,9-13,16,25-26H,4-7H2,(H,29,30)(H2,19,23,28)(H3,20,21,22,27)/t9-,10+,11-,12+,13+,16+/m0/s1. The monoisotopic (exact) mass is 516 g/mol. The highest BCUT2D eigenvalue weighted by atomic mass is 31.2. The summed E-state index contributed by atoms with van der Waals surface area (Å²) in [7, 11) is -4.71. The Balaban J connectivity index is 1.36. The smallest absolute Gasteiger partial charge is 0.394 e. The molecule has 2 fully saturated rings. The van der Waals surface area contributed by atoms with E-state index in [0.717, 1.165) is 4.57 Å². The first kappa shape index (κ1) is 25.4. The number of nitrogens with two attached hydrogens (primary N) is 2. The summed E-state index contributed by atoms with van der Waals surface area (Å²) in [6.07, 6.45) is -4.53. The van der Waals surface area contributed by atoms with Gasteiger partial charge in [0.05, 0.1) is 25.0 Å². The molecule has 17 heteroatoms. The van der Waals surface area contributed by atoms with E-state index in [1.807, 2.05) is 0 Å². The van der Waals surface area contributed by atoms with Gasteiger partial charge in [0.25, 0.3) is 0 Å². The van der Waals surface area contributed by atoms with Crippen LogP contribution in [0.4, 0.5) is 11.6 Å². The van der Waals surface area contributed by atoms with Crippen molar-refractivity contribution in [3.63, 3.8) is 0 Å². The molecule has 0 bridgehead atoms. The van der Waals surface area contributed by atoms with Crippen molar-refractivity contribution in [2.75, 3.05) is 24.7 Å². The van der Waals surface area contributed by atoms with E-state index in [4.69, 9.17) is 30.0 Å². The Kier molecular flexibility index (Phi) is 7.35. The second-order valence-electron chi connectivity index (χ2n) is 8.03. The molecule has 1 unspecified atom stereocenters. The van der Waals surface area contributed by atoms with Gasteiger partial charge in [-0.25, -0.2) is 14.2 Å². The average molecular weight is 516 g/mol. The Hall–Kier alpha value is -2.69. The SMILES string of the molecule is Nc1cc([C@H]2C[C@H](O)[C@@H](COP(=O)(O)O[C@H]3C[C@H](n4ccc(N)nc4=O)O[C@@H]3CO)O2)[nH]c(=O)n1. The minimum Gasteiger partial charge on any atom is -0.394 e. The van der Waals surface area contributed by atoms with Crippen molar-refractivity contribution in [1.29, 1.82) is 0 Å². The number of H-pyrrole nitrogens is 1. The number of nitrogen functional groups attached to an aromatic ring is 2. The zero-order valence-electron chi connectivity index (χ0n) is 18.2. The summed E-state index contributed by atoms with van der Waals surface area (Å²) in [6.45, 7) is -1.07. The van der Waals surface area contributed by atoms with Gasteiger partial charge in [-0.1, -0.05) is 0 Å². The first-order chi connectivity index (χ1) is 16.5. The number of rotatable bonds is 8. The van der Waals surface area contributed by atoms with Crippen molar-refractivity contribution < 1.29 is 38.2 Å². The lowest BCUT2D eigenvalue weighted by Gasteiger charge is -2.21. The maximum absolute atomic E-state index is 12.6. The van der Waals surface area contributed by atoms with Crippen LogP contribution < -0.4 is 22.8 Å². The van der Waals surface area contributed by atoms with Crippen molar-refractivity contribution in [3.8, 4) is 0 Å². The molecule has 2 aromatic heterocycles. The molecule has 2 aromatic rings. The average Bonchev–Trinajstić information content (AvgIpc) is 3.34. The molecule has 0 spiro atoms. The molecule has 4 heterocycles. The number of ether oxygens (including phenoxy) is 2. The number of hydrogen-bond acceptors (Lipinski definition) is 13. The molecular weight excluding hydrogens is 491 g/mol. The van der Waals surface area contributed by atoms with E-state index in [9.17, 15) is 29.3 Å². The fourth-order valence-electron chi connectivity index (χ4n) is 3.91. The Morgan fingerprint density at radius 2 is 1.97 bits per heavy atom. The van der Waals surface area contributed by atoms with E-state index in [1.165, 1.54) is 18.3 Å². The summed E-state index contributed by atoms with van der Waals surface area (Å²) in [5.74, 6) is -0.0105. The molecule has 16 nitrogen and oxygen atoms in total. The van der Waals surface area contributed by atoms with Crippen LogP contribution in [0.2, 0.25) is 0 Å². The predicted molar refractivity (Wildman–Crippen MR) is 117 cm³/mol. The number of nitrogens with one attached hydrogen (secondary N) is 1. The van der Waals surface area contributed by atoms with E-state index in [1.54, 1.807) is 0 Å². The topological polar surface area (TPSA) is 247 Å². The normalized spacial score (nSPS) is 30.4. The lowest BCUT2D eigenvalue weighted by atomic mass is 10.1. The molecular formula is C18H25N6O10P.